The number of rotatable bonds is 6. The highest BCUT2D eigenvalue weighted by Gasteiger charge is 2.17. The summed E-state index contributed by atoms with van der Waals surface area (Å²) in [5.41, 5.74) is 1.27. The molecule has 0 atom stereocenters. The van der Waals surface area contributed by atoms with Gasteiger partial charge in [0.15, 0.2) is 5.69 Å². The van der Waals surface area contributed by atoms with Gasteiger partial charge >= 0.3 is 0 Å². The van der Waals surface area contributed by atoms with Crippen LogP contribution in [-0.4, -0.2) is 59.8 Å². The van der Waals surface area contributed by atoms with Crippen LogP contribution in [0.4, 0.5) is 0 Å². The number of nitrogens with one attached hydrogen (secondary N) is 1. The highest BCUT2D eigenvalue weighted by Crippen LogP contribution is 2.27. The normalized spacial score (nSPS) is 15.4. The van der Waals surface area contributed by atoms with Crippen LogP contribution in [0.15, 0.2) is 24.3 Å². The smallest absolute Gasteiger partial charge is 0.273 e. The van der Waals surface area contributed by atoms with Crippen LogP contribution >= 0.6 is 23.1 Å². The van der Waals surface area contributed by atoms with Crippen molar-refractivity contribution in [1.29, 1.82) is 0 Å². The largest absolute Gasteiger partial charge is 0.379 e. The molecule has 1 aliphatic rings. The second-order valence-electron chi connectivity index (χ2n) is 5.52. The van der Waals surface area contributed by atoms with E-state index in [1.807, 2.05) is 12.1 Å². The fourth-order valence-corrected chi connectivity index (χ4v) is 3.33. The number of hydrogen-bond acceptors (Lipinski definition) is 6. The first-order valence-electron chi connectivity index (χ1n) is 7.90. The molecule has 2 heterocycles. The number of aromatic nitrogens is 2. The van der Waals surface area contributed by atoms with Crippen molar-refractivity contribution in [2.75, 3.05) is 39.4 Å². The molecule has 3 rings (SSSR count). The molecular weight excluding hydrogens is 348 g/mol. The van der Waals surface area contributed by atoms with Crippen molar-refractivity contribution in [3.05, 3.63) is 35.0 Å². The molecule has 0 spiro atoms. The molecule has 1 fully saturated rings. The maximum absolute atomic E-state index is 12.4. The number of morpholine rings is 1. The monoisotopic (exact) mass is 366 g/mol. The van der Waals surface area contributed by atoms with Gasteiger partial charge in [-0.15, -0.1) is 5.10 Å². The molecular formula is C16H19ClN4O2S. The van der Waals surface area contributed by atoms with Gasteiger partial charge in [0, 0.05) is 24.7 Å². The summed E-state index contributed by atoms with van der Waals surface area (Å²) in [7, 11) is 0. The summed E-state index contributed by atoms with van der Waals surface area (Å²) < 4.78 is 9.24. The molecule has 8 heteroatoms. The summed E-state index contributed by atoms with van der Waals surface area (Å²) in [6.07, 6.45) is 0.902. The van der Waals surface area contributed by atoms with E-state index in [1.54, 1.807) is 12.1 Å². The van der Waals surface area contributed by atoms with E-state index < -0.39 is 0 Å². The van der Waals surface area contributed by atoms with Gasteiger partial charge in [-0.05, 0) is 42.2 Å². The summed E-state index contributed by atoms with van der Waals surface area (Å²) in [6.45, 7) is 5.09. The minimum Gasteiger partial charge on any atom is -0.379 e. The zero-order chi connectivity index (χ0) is 16.8. The van der Waals surface area contributed by atoms with E-state index in [0.717, 1.165) is 49.7 Å². The Bertz CT molecular complexity index is 671. The lowest BCUT2D eigenvalue weighted by Gasteiger charge is -2.26. The molecule has 1 saturated heterocycles. The predicted octanol–water partition coefficient (Wildman–Crippen LogP) is 2.31. The Kier molecular flexibility index (Phi) is 6.14. The lowest BCUT2D eigenvalue weighted by atomic mass is 10.1. The highest BCUT2D eigenvalue weighted by atomic mass is 35.5. The van der Waals surface area contributed by atoms with Gasteiger partial charge in [-0.2, -0.15) is 0 Å². The summed E-state index contributed by atoms with van der Waals surface area (Å²) in [4.78, 5) is 15.5. The van der Waals surface area contributed by atoms with Crippen molar-refractivity contribution in [3.8, 4) is 10.4 Å². The average Bonchev–Trinajstić information content (AvgIpc) is 3.10. The van der Waals surface area contributed by atoms with Gasteiger partial charge in [-0.1, -0.05) is 28.2 Å². The molecule has 0 aliphatic carbocycles. The van der Waals surface area contributed by atoms with Crippen LogP contribution in [0.5, 0.6) is 0 Å². The fourth-order valence-electron chi connectivity index (χ4n) is 2.54. The van der Waals surface area contributed by atoms with Crippen LogP contribution in [-0.2, 0) is 4.74 Å². The maximum Gasteiger partial charge on any atom is 0.273 e. The predicted molar refractivity (Wildman–Crippen MR) is 94.6 cm³/mol. The topological polar surface area (TPSA) is 67.4 Å². The zero-order valence-electron chi connectivity index (χ0n) is 13.2. The maximum atomic E-state index is 12.4. The Balaban J connectivity index is 1.52. The van der Waals surface area contributed by atoms with Crippen molar-refractivity contribution in [1.82, 2.24) is 19.8 Å². The van der Waals surface area contributed by atoms with Crippen molar-refractivity contribution < 1.29 is 9.53 Å². The third kappa shape index (κ3) is 4.51. The molecule has 6 nitrogen and oxygen atoms in total. The van der Waals surface area contributed by atoms with E-state index in [0.29, 0.717) is 17.3 Å². The third-order valence-corrected chi connectivity index (χ3v) is 4.88. The molecule has 1 aromatic carbocycles. The second-order valence-corrected chi connectivity index (χ2v) is 6.71. The van der Waals surface area contributed by atoms with Crippen LogP contribution < -0.4 is 5.32 Å². The molecule has 0 unspecified atom stereocenters. The van der Waals surface area contributed by atoms with Crippen molar-refractivity contribution in [2.45, 2.75) is 6.42 Å². The molecule has 0 saturated carbocycles. The van der Waals surface area contributed by atoms with E-state index >= 15 is 0 Å². The quantitative estimate of drug-likeness (QED) is 0.794. The van der Waals surface area contributed by atoms with Crippen LogP contribution in [0.25, 0.3) is 10.4 Å². The number of carbonyl (C=O) groups is 1. The Hall–Kier alpha value is -1.54. The fraction of sp³-hybridized carbons (Fsp3) is 0.438. The number of amides is 1. The summed E-state index contributed by atoms with van der Waals surface area (Å²) in [5, 5.41) is 7.57. The van der Waals surface area contributed by atoms with Crippen LogP contribution in [0.2, 0.25) is 5.02 Å². The lowest BCUT2D eigenvalue weighted by molar-refractivity contribution is 0.0374. The molecule has 1 amide bonds. The number of hydrogen-bond donors (Lipinski definition) is 1. The van der Waals surface area contributed by atoms with E-state index in [-0.39, 0.29) is 5.91 Å². The van der Waals surface area contributed by atoms with Crippen molar-refractivity contribution in [3.63, 3.8) is 0 Å². The minimum atomic E-state index is -0.185. The SMILES string of the molecule is O=C(NCCCN1CCOCC1)c1nnsc1-c1ccc(Cl)cc1. The number of nitrogens with zero attached hydrogens (tertiary/aromatic N) is 3. The number of carbonyl (C=O) groups excluding carboxylic acids is 1. The van der Waals surface area contributed by atoms with Gasteiger partial charge in [0.2, 0.25) is 0 Å². The Morgan fingerprint density at radius 2 is 2.04 bits per heavy atom. The van der Waals surface area contributed by atoms with Crippen LogP contribution in [0, 0.1) is 0 Å². The van der Waals surface area contributed by atoms with Crippen molar-refractivity contribution in [2.24, 2.45) is 0 Å². The van der Waals surface area contributed by atoms with Crippen LogP contribution in [0.1, 0.15) is 16.9 Å². The van der Waals surface area contributed by atoms with Crippen LogP contribution in [0.3, 0.4) is 0 Å². The molecule has 128 valence electrons. The minimum absolute atomic E-state index is 0.185. The van der Waals surface area contributed by atoms with Gasteiger partial charge < -0.3 is 10.1 Å². The van der Waals surface area contributed by atoms with E-state index in [4.69, 9.17) is 16.3 Å². The van der Waals surface area contributed by atoms with Gasteiger partial charge in [-0.3, -0.25) is 9.69 Å². The van der Waals surface area contributed by atoms with Crippen molar-refractivity contribution >= 4 is 29.0 Å². The molecule has 24 heavy (non-hydrogen) atoms. The molecule has 1 aliphatic heterocycles. The molecule has 1 aromatic heterocycles. The summed E-state index contributed by atoms with van der Waals surface area (Å²) >= 11 is 7.12. The Morgan fingerprint density at radius 1 is 1.29 bits per heavy atom. The lowest BCUT2D eigenvalue weighted by Crippen LogP contribution is -2.38. The molecule has 0 bridgehead atoms. The van der Waals surface area contributed by atoms with E-state index in [2.05, 4.69) is 19.8 Å². The number of ether oxygens (including phenoxy) is 1. The third-order valence-electron chi connectivity index (χ3n) is 3.85. The second kappa shape index (κ2) is 8.53. The summed E-state index contributed by atoms with van der Waals surface area (Å²) in [5.74, 6) is -0.185. The van der Waals surface area contributed by atoms with E-state index in [1.165, 1.54) is 11.5 Å². The zero-order valence-corrected chi connectivity index (χ0v) is 14.8. The first kappa shape index (κ1) is 17.3. The number of halogens is 1. The van der Waals surface area contributed by atoms with Gasteiger partial charge in [-0.25, -0.2) is 0 Å². The molecule has 1 N–H and O–H groups in total. The standard InChI is InChI=1S/C16H19ClN4O2S/c17-13-4-2-12(3-5-13)15-14(19-20-24-15)16(22)18-6-1-7-21-8-10-23-11-9-21/h2-5H,1,6-11H2,(H,18,22). The highest BCUT2D eigenvalue weighted by molar-refractivity contribution is 7.09. The average molecular weight is 367 g/mol. The molecule has 2 aromatic rings. The first-order valence-corrected chi connectivity index (χ1v) is 9.06. The first-order chi connectivity index (χ1) is 11.7. The van der Waals surface area contributed by atoms with Gasteiger partial charge in [0.25, 0.3) is 5.91 Å². The summed E-state index contributed by atoms with van der Waals surface area (Å²) in [6, 6.07) is 7.32. The number of benzene rings is 1. The van der Waals surface area contributed by atoms with E-state index in [9.17, 15) is 4.79 Å². The van der Waals surface area contributed by atoms with Gasteiger partial charge in [0.05, 0.1) is 18.1 Å². The Labute approximate surface area is 149 Å². The Morgan fingerprint density at radius 3 is 2.79 bits per heavy atom. The van der Waals surface area contributed by atoms with Gasteiger partial charge in [0.1, 0.15) is 0 Å². The molecule has 0 radical (unpaired) electrons.